The third-order valence-corrected chi connectivity index (χ3v) is 2.43. The number of rotatable bonds is 4. The van der Waals surface area contributed by atoms with E-state index >= 15 is 0 Å². The van der Waals surface area contributed by atoms with Crippen molar-refractivity contribution in [3.8, 4) is 0 Å². The van der Waals surface area contributed by atoms with E-state index in [1.165, 1.54) is 5.57 Å². The van der Waals surface area contributed by atoms with Crippen molar-refractivity contribution in [3.63, 3.8) is 0 Å². The van der Waals surface area contributed by atoms with E-state index in [-0.39, 0.29) is 12.1 Å². The van der Waals surface area contributed by atoms with Gasteiger partial charge in [-0.2, -0.15) is 0 Å². The Bertz CT molecular complexity index is 180. The lowest BCUT2D eigenvalue weighted by Crippen LogP contribution is -2.29. The van der Waals surface area contributed by atoms with Crippen LogP contribution in [-0.4, -0.2) is 25.9 Å². The molecule has 0 spiro atoms. The Morgan fingerprint density at radius 2 is 2.46 bits per heavy atom. The number of hydrogen-bond acceptors (Lipinski definition) is 3. The van der Waals surface area contributed by atoms with E-state index in [1.54, 1.807) is 7.11 Å². The van der Waals surface area contributed by atoms with E-state index in [0.717, 1.165) is 25.9 Å². The molecule has 1 heterocycles. The molecule has 1 aliphatic rings. The predicted octanol–water partition coefficient (Wildman–Crippen LogP) is 1.43. The zero-order valence-electron chi connectivity index (χ0n) is 8.45. The van der Waals surface area contributed by atoms with Gasteiger partial charge in [-0.1, -0.05) is 0 Å². The zero-order chi connectivity index (χ0) is 9.68. The van der Waals surface area contributed by atoms with Crippen molar-refractivity contribution in [2.45, 2.75) is 38.3 Å². The van der Waals surface area contributed by atoms with E-state index in [0.29, 0.717) is 0 Å². The van der Waals surface area contributed by atoms with E-state index in [2.05, 4.69) is 0 Å². The first kappa shape index (κ1) is 10.5. The van der Waals surface area contributed by atoms with Crippen LogP contribution in [0.25, 0.3) is 0 Å². The van der Waals surface area contributed by atoms with Gasteiger partial charge in [0.05, 0.1) is 19.0 Å². The first-order chi connectivity index (χ1) is 6.24. The summed E-state index contributed by atoms with van der Waals surface area (Å²) in [5.74, 6) is 0. The van der Waals surface area contributed by atoms with Crippen LogP contribution in [0.5, 0.6) is 0 Å². The maximum atomic E-state index is 6.00. The van der Waals surface area contributed by atoms with Gasteiger partial charge in [-0.05, 0) is 31.8 Å². The molecule has 0 amide bonds. The Hall–Kier alpha value is -0.540. The molecule has 0 aromatic rings. The van der Waals surface area contributed by atoms with Crippen molar-refractivity contribution >= 4 is 0 Å². The lowest BCUT2D eigenvalue weighted by molar-refractivity contribution is 0.106. The molecule has 0 bridgehead atoms. The molecule has 13 heavy (non-hydrogen) atoms. The molecule has 0 saturated heterocycles. The standard InChI is InChI=1S/C10H19NO2/c1-8(12-2)6-10(11)9-4-3-5-13-7-9/h7-8,10H,3-6,11H2,1-2H3. The third kappa shape index (κ3) is 3.36. The van der Waals surface area contributed by atoms with Crippen molar-refractivity contribution < 1.29 is 9.47 Å². The average molecular weight is 185 g/mol. The smallest absolute Gasteiger partial charge is 0.0876 e. The molecule has 3 heteroatoms. The van der Waals surface area contributed by atoms with Crippen LogP contribution >= 0.6 is 0 Å². The molecule has 2 atom stereocenters. The summed E-state index contributed by atoms with van der Waals surface area (Å²) in [6.07, 6.45) is 5.05. The molecule has 0 aliphatic carbocycles. The molecule has 2 unspecified atom stereocenters. The molecule has 0 fully saturated rings. The van der Waals surface area contributed by atoms with Gasteiger partial charge in [0.1, 0.15) is 0 Å². The Morgan fingerprint density at radius 1 is 1.69 bits per heavy atom. The van der Waals surface area contributed by atoms with Crippen molar-refractivity contribution in [1.82, 2.24) is 0 Å². The summed E-state index contributed by atoms with van der Waals surface area (Å²) in [5.41, 5.74) is 7.21. The maximum absolute atomic E-state index is 6.00. The summed E-state index contributed by atoms with van der Waals surface area (Å²) in [5, 5.41) is 0. The summed E-state index contributed by atoms with van der Waals surface area (Å²) in [4.78, 5) is 0. The third-order valence-electron chi connectivity index (χ3n) is 2.43. The van der Waals surface area contributed by atoms with Crippen LogP contribution < -0.4 is 5.73 Å². The summed E-state index contributed by atoms with van der Waals surface area (Å²) in [6, 6.07) is 0.0928. The highest BCUT2D eigenvalue weighted by molar-refractivity contribution is 5.09. The highest BCUT2D eigenvalue weighted by Gasteiger charge is 2.15. The van der Waals surface area contributed by atoms with Crippen LogP contribution in [0.2, 0.25) is 0 Å². The summed E-state index contributed by atoms with van der Waals surface area (Å²) < 4.78 is 10.4. The zero-order valence-corrected chi connectivity index (χ0v) is 8.45. The first-order valence-electron chi connectivity index (χ1n) is 4.83. The van der Waals surface area contributed by atoms with Gasteiger partial charge in [0.25, 0.3) is 0 Å². The predicted molar refractivity (Wildman–Crippen MR) is 52.3 cm³/mol. The number of nitrogens with two attached hydrogens (primary N) is 1. The summed E-state index contributed by atoms with van der Waals surface area (Å²) >= 11 is 0. The molecule has 0 saturated carbocycles. The Labute approximate surface area is 79.9 Å². The van der Waals surface area contributed by atoms with E-state index in [1.807, 2.05) is 13.2 Å². The van der Waals surface area contributed by atoms with Crippen molar-refractivity contribution in [3.05, 3.63) is 11.8 Å². The van der Waals surface area contributed by atoms with Gasteiger partial charge in [0, 0.05) is 13.2 Å². The van der Waals surface area contributed by atoms with Gasteiger partial charge < -0.3 is 15.2 Å². The summed E-state index contributed by atoms with van der Waals surface area (Å²) in [7, 11) is 1.71. The highest BCUT2D eigenvalue weighted by atomic mass is 16.5. The van der Waals surface area contributed by atoms with E-state index in [9.17, 15) is 0 Å². The monoisotopic (exact) mass is 185 g/mol. The van der Waals surface area contributed by atoms with Crippen molar-refractivity contribution in [2.24, 2.45) is 5.73 Å². The van der Waals surface area contributed by atoms with Crippen LogP contribution in [0.15, 0.2) is 11.8 Å². The molecule has 1 rings (SSSR count). The number of methoxy groups -OCH3 is 1. The fourth-order valence-corrected chi connectivity index (χ4v) is 1.46. The van der Waals surface area contributed by atoms with Crippen molar-refractivity contribution in [2.75, 3.05) is 13.7 Å². The molecule has 0 radical (unpaired) electrons. The molecular formula is C10H19NO2. The Kier molecular flexibility index (Phi) is 4.25. The van der Waals surface area contributed by atoms with Gasteiger partial charge in [0.15, 0.2) is 0 Å². The van der Waals surface area contributed by atoms with Crippen LogP contribution in [0.1, 0.15) is 26.2 Å². The molecule has 3 nitrogen and oxygen atoms in total. The number of hydrogen-bond donors (Lipinski definition) is 1. The van der Waals surface area contributed by atoms with Gasteiger partial charge >= 0.3 is 0 Å². The fourth-order valence-electron chi connectivity index (χ4n) is 1.46. The topological polar surface area (TPSA) is 44.5 Å². The lowest BCUT2D eigenvalue weighted by Gasteiger charge is -2.21. The minimum Gasteiger partial charge on any atom is -0.501 e. The van der Waals surface area contributed by atoms with Gasteiger partial charge in [-0.3, -0.25) is 0 Å². The largest absolute Gasteiger partial charge is 0.501 e. The maximum Gasteiger partial charge on any atom is 0.0876 e. The normalized spacial score (nSPS) is 21.6. The van der Waals surface area contributed by atoms with Crippen molar-refractivity contribution in [1.29, 1.82) is 0 Å². The molecule has 2 N–H and O–H groups in total. The first-order valence-corrected chi connectivity index (χ1v) is 4.83. The van der Waals surface area contributed by atoms with Crippen LogP contribution in [0.3, 0.4) is 0 Å². The molecule has 0 aromatic heterocycles. The van der Waals surface area contributed by atoms with Gasteiger partial charge in [0.2, 0.25) is 0 Å². The summed E-state index contributed by atoms with van der Waals surface area (Å²) in [6.45, 7) is 2.86. The van der Waals surface area contributed by atoms with Gasteiger partial charge in [-0.25, -0.2) is 0 Å². The molecular weight excluding hydrogens is 166 g/mol. The average Bonchev–Trinajstić information content (AvgIpc) is 2.19. The SMILES string of the molecule is COC(C)CC(N)C1=COCCC1. The fraction of sp³-hybridized carbons (Fsp3) is 0.800. The highest BCUT2D eigenvalue weighted by Crippen LogP contribution is 2.17. The minimum atomic E-state index is 0.0928. The van der Waals surface area contributed by atoms with E-state index < -0.39 is 0 Å². The van der Waals surface area contributed by atoms with E-state index in [4.69, 9.17) is 15.2 Å². The lowest BCUT2D eigenvalue weighted by atomic mass is 9.98. The number of ether oxygens (including phenoxy) is 2. The van der Waals surface area contributed by atoms with Crippen LogP contribution in [-0.2, 0) is 9.47 Å². The molecule has 1 aliphatic heterocycles. The molecule has 76 valence electrons. The van der Waals surface area contributed by atoms with Crippen LogP contribution in [0, 0.1) is 0 Å². The second kappa shape index (κ2) is 5.25. The quantitative estimate of drug-likeness (QED) is 0.720. The Morgan fingerprint density at radius 3 is 3.00 bits per heavy atom. The van der Waals surface area contributed by atoms with Crippen LogP contribution in [0.4, 0.5) is 0 Å². The Balaban J connectivity index is 2.37. The second-order valence-electron chi connectivity index (χ2n) is 3.56. The minimum absolute atomic E-state index is 0.0928. The van der Waals surface area contributed by atoms with Gasteiger partial charge in [-0.15, -0.1) is 0 Å². The second-order valence-corrected chi connectivity index (χ2v) is 3.56. The molecule has 0 aromatic carbocycles.